The number of pyridine rings is 3. The van der Waals surface area contributed by atoms with Crippen LogP contribution in [0.25, 0.3) is 10.9 Å². The lowest BCUT2D eigenvalue weighted by atomic mass is 9.78. The topological polar surface area (TPSA) is 108 Å². The van der Waals surface area contributed by atoms with Crippen LogP contribution in [0.1, 0.15) is 22.6 Å². The Morgan fingerprint density at radius 1 is 0.933 bits per heavy atom. The lowest BCUT2D eigenvalue weighted by Gasteiger charge is -2.56. The number of aromatic nitrogens is 3. The Morgan fingerprint density at radius 3 is 2.53 bits per heavy atom. The van der Waals surface area contributed by atoms with Gasteiger partial charge < -0.3 is 28.6 Å². The molecule has 1 aromatic carbocycles. The van der Waals surface area contributed by atoms with E-state index in [1.54, 1.807) is 37.8 Å². The van der Waals surface area contributed by atoms with Gasteiger partial charge in [0.25, 0.3) is 0 Å². The molecule has 0 amide bonds. The minimum absolute atomic E-state index is 0.0772. The van der Waals surface area contributed by atoms with Crippen LogP contribution in [-0.4, -0.2) is 98.5 Å². The molecule has 0 aliphatic carbocycles. The van der Waals surface area contributed by atoms with Gasteiger partial charge in [-0.2, -0.15) is 0 Å². The summed E-state index contributed by atoms with van der Waals surface area (Å²) in [5.41, 5.74) is 3.14. The molecular formula is C34H37N5O6. The number of hydrogen-bond acceptors (Lipinski definition) is 11. The second kappa shape index (κ2) is 13.0. The molecule has 6 heterocycles. The maximum atomic E-state index is 13.0. The standard InChI is InChI=1S/C34H37N5O6/c1-41-32-17-27-28(18-33(32)44-12-2-9-38-10-13-42-14-11-38)35-8-6-31(27)45-26-4-3-24(37-19-26)15-30(40)29-16-25(5-7-36-29)39-20-34(21-39)22-43-23-34/h3-8,16-19H,2,9-15,20-23H2,1H3. The van der Waals surface area contributed by atoms with Crippen LogP contribution in [0.3, 0.4) is 0 Å². The van der Waals surface area contributed by atoms with Crippen molar-refractivity contribution in [3.8, 4) is 23.0 Å². The highest BCUT2D eigenvalue weighted by Crippen LogP contribution is 2.40. The van der Waals surface area contributed by atoms with Crippen molar-refractivity contribution < 1.29 is 28.5 Å². The molecule has 234 valence electrons. The van der Waals surface area contributed by atoms with Gasteiger partial charge in [0.15, 0.2) is 17.3 Å². The molecule has 3 aromatic heterocycles. The quantitative estimate of drug-likeness (QED) is 0.170. The number of ketones is 1. The summed E-state index contributed by atoms with van der Waals surface area (Å²) in [7, 11) is 1.62. The third-order valence-electron chi connectivity index (χ3n) is 8.60. The van der Waals surface area contributed by atoms with Gasteiger partial charge in [-0.25, -0.2) is 0 Å². The van der Waals surface area contributed by atoms with Crippen LogP contribution in [0, 0.1) is 5.41 Å². The Kier molecular flexibility index (Phi) is 8.47. The summed E-state index contributed by atoms with van der Waals surface area (Å²) in [4.78, 5) is 31.1. The third-order valence-corrected chi connectivity index (χ3v) is 8.60. The van der Waals surface area contributed by atoms with E-state index in [4.69, 9.17) is 23.7 Å². The molecule has 0 bridgehead atoms. The summed E-state index contributed by atoms with van der Waals surface area (Å²) < 4.78 is 28.7. The van der Waals surface area contributed by atoms with E-state index in [0.29, 0.717) is 46.4 Å². The van der Waals surface area contributed by atoms with Gasteiger partial charge in [-0.05, 0) is 42.8 Å². The number of carbonyl (C=O) groups is 1. The number of ether oxygens (including phenoxy) is 5. The summed E-state index contributed by atoms with van der Waals surface area (Å²) in [5, 5.41) is 0.790. The minimum Gasteiger partial charge on any atom is -0.493 e. The van der Waals surface area contributed by atoms with E-state index in [0.717, 1.165) is 82.2 Å². The molecule has 11 heteroatoms. The van der Waals surface area contributed by atoms with E-state index in [2.05, 4.69) is 24.8 Å². The first-order chi connectivity index (χ1) is 22.1. The van der Waals surface area contributed by atoms with Gasteiger partial charge in [0, 0.05) is 68.0 Å². The average Bonchev–Trinajstić information content (AvgIpc) is 3.03. The number of nitrogens with zero attached hydrogens (tertiary/aromatic N) is 5. The number of Topliss-reactive ketones (excluding diaryl/α,β-unsaturated/α-hetero) is 1. The molecule has 0 saturated carbocycles. The maximum absolute atomic E-state index is 13.0. The number of morpholine rings is 1. The van der Waals surface area contributed by atoms with Crippen molar-refractivity contribution in [3.05, 3.63) is 72.4 Å². The molecule has 45 heavy (non-hydrogen) atoms. The highest BCUT2D eigenvalue weighted by atomic mass is 16.5. The second-order valence-corrected chi connectivity index (χ2v) is 11.9. The molecule has 0 N–H and O–H groups in total. The minimum atomic E-state index is -0.0772. The summed E-state index contributed by atoms with van der Waals surface area (Å²) >= 11 is 0. The number of methoxy groups -OCH3 is 1. The van der Waals surface area contributed by atoms with Gasteiger partial charge >= 0.3 is 0 Å². The smallest absolute Gasteiger partial charge is 0.187 e. The number of hydrogen-bond donors (Lipinski definition) is 0. The van der Waals surface area contributed by atoms with Crippen LogP contribution in [0.15, 0.2) is 61.1 Å². The molecular weight excluding hydrogens is 574 g/mol. The molecule has 0 unspecified atom stereocenters. The monoisotopic (exact) mass is 611 g/mol. The highest BCUT2D eigenvalue weighted by molar-refractivity contribution is 5.96. The Labute approximate surface area is 262 Å². The molecule has 3 aliphatic rings. The highest BCUT2D eigenvalue weighted by Gasteiger charge is 2.49. The molecule has 7 rings (SSSR count). The first-order valence-electron chi connectivity index (χ1n) is 15.4. The average molecular weight is 612 g/mol. The van der Waals surface area contributed by atoms with E-state index in [1.165, 1.54) is 0 Å². The number of carbonyl (C=O) groups excluding carboxylic acids is 1. The Balaban J connectivity index is 0.971. The lowest BCUT2D eigenvalue weighted by molar-refractivity contribution is -0.127. The first-order valence-corrected chi connectivity index (χ1v) is 15.4. The van der Waals surface area contributed by atoms with Gasteiger partial charge in [-0.3, -0.25) is 24.6 Å². The Hall–Kier alpha value is -4.32. The molecule has 0 radical (unpaired) electrons. The molecule has 4 aromatic rings. The summed E-state index contributed by atoms with van der Waals surface area (Å²) in [6, 6.07) is 13.0. The molecule has 3 fully saturated rings. The third kappa shape index (κ3) is 6.56. The van der Waals surface area contributed by atoms with E-state index < -0.39 is 0 Å². The van der Waals surface area contributed by atoms with Crippen molar-refractivity contribution in [1.82, 2.24) is 19.9 Å². The normalized spacial score (nSPS) is 17.5. The van der Waals surface area contributed by atoms with Gasteiger partial charge in [0.2, 0.25) is 0 Å². The van der Waals surface area contributed by atoms with Crippen LogP contribution in [-0.2, 0) is 15.9 Å². The molecule has 11 nitrogen and oxygen atoms in total. The van der Waals surface area contributed by atoms with Crippen LogP contribution in [0.5, 0.6) is 23.0 Å². The van der Waals surface area contributed by atoms with Crippen LogP contribution in [0.2, 0.25) is 0 Å². The SMILES string of the molecule is COc1cc2c(Oc3ccc(CC(=O)c4cc(N5CC6(COC6)C5)ccn4)nc3)ccnc2cc1OCCCN1CCOCC1. The largest absolute Gasteiger partial charge is 0.493 e. The maximum Gasteiger partial charge on any atom is 0.187 e. The van der Waals surface area contributed by atoms with E-state index >= 15 is 0 Å². The van der Waals surface area contributed by atoms with Crippen LogP contribution in [0.4, 0.5) is 5.69 Å². The van der Waals surface area contributed by atoms with Gasteiger partial charge in [0.05, 0.1) is 63.7 Å². The van der Waals surface area contributed by atoms with Crippen molar-refractivity contribution >= 4 is 22.4 Å². The van der Waals surface area contributed by atoms with E-state index in [-0.39, 0.29) is 12.2 Å². The molecule has 3 aliphatic heterocycles. The van der Waals surface area contributed by atoms with E-state index in [9.17, 15) is 4.79 Å². The zero-order valence-electron chi connectivity index (χ0n) is 25.4. The van der Waals surface area contributed by atoms with Crippen molar-refractivity contribution in [1.29, 1.82) is 0 Å². The molecule has 0 atom stereocenters. The summed E-state index contributed by atoms with van der Waals surface area (Å²) in [5.74, 6) is 2.35. The number of rotatable bonds is 12. The second-order valence-electron chi connectivity index (χ2n) is 11.9. The van der Waals surface area contributed by atoms with Crippen molar-refractivity contribution in [2.75, 3.05) is 77.8 Å². The fraction of sp³-hybridized carbons (Fsp3) is 0.412. The van der Waals surface area contributed by atoms with Crippen molar-refractivity contribution in [2.45, 2.75) is 12.8 Å². The first kappa shape index (κ1) is 29.4. The van der Waals surface area contributed by atoms with Crippen molar-refractivity contribution in [3.63, 3.8) is 0 Å². The Bertz CT molecular complexity index is 1650. The van der Waals surface area contributed by atoms with Crippen LogP contribution < -0.4 is 19.1 Å². The van der Waals surface area contributed by atoms with E-state index in [1.807, 2.05) is 30.3 Å². The fourth-order valence-electron chi connectivity index (χ4n) is 6.03. The van der Waals surface area contributed by atoms with Gasteiger partial charge in [-0.15, -0.1) is 0 Å². The zero-order valence-corrected chi connectivity index (χ0v) is 25.4. The summed E-state index contributed by atoms with van der Waals surface area (Å²) in [6.07, 6.45) is 6.09. The number of fused-ring (bicyclic) bond motifs is 1. The summed E-state index contributed by atoms with van der Waals surface area (Å²) in [6.45, 7) is 8.61. The predicted octanol–water partition coefficient (Wildman–Crippen LogP) is 4.19. The zero-order chi connectivity index (χ0) is 30.6. The fourth-order valence-corrected chi connectivity index (χ4v) is 6.03. The molecule has 1 spiro atoms. The number of benzene rings is 1. The van der Waals surface area contributed by atoms with Gasteiger partial charge in [-0.1, -0.05) is 0 Å². The predicted molar refractivity (Wildman–Crippen MR) is 168 cm³/mol. The Morgan fingerprint density at radius 2 is 1.78 bits per heavy atom. The van der Waals surface area contributed by atoms with Crippen LogP contribution >= 0.6 is 0 Å². The lowest BCUT2D eigenvalue weighted by Crippen LogP contribution is -2.66. The van der Waals surface area contributed by atoms with Crippen molar-refractivity contribution in [2.24, 2.45) is 5.41 Å². The van der Waals surface area contributed by atoms with Gasteiger partial charge in [0.1, 0.15) is 17.2 Å². The molecule has 3 saturated heterocycles. The number of anilines is 1.